The van der Waals surface area contributed by atoms with E-state index in [4.69, 9.17) is 9.47 Å². The lowest BCUT2D eigenvalue weighted by molar-refractivity contribution is 0.102. The van der Waals surface area contributed by atoms with Gasteiger partial charge in [0.1, 0.15) is 5.82 Å². The van der Waals surface area contributed by atoms with Gasteiger partial charge in [0.15, 0.2) is 11.5 Å². The van der Waals surface area contributed by atoms with Crippen LogP contribution in [0.5, 0.6) is 11.5 Å². The van der Waals surface area contributed by atoms with Crippen molar-refractivity contribution < 1.29 is 18.7 Å². The summed E-state index contributed by atoms with van der Waals surface area (Å²) in [4.78, 5) is 12.2. The quantitative estimate of drug-likeness (QED) is 0.872. The van der Waals surface area contributed by atoms with Crippen LogP contribution in [0.1, 0.15) is 24.2 Å². The number of para-hydroxylation sites is 1. The summed E-state index contributed by atoms with van der Waals surface area (Å²) in [6.45, 7) is 4.64. The van der Waals surface area contributed by atoms with Gasteiger partial charge in [-0.25, -0.2) is 4.39 Å². The second-order valence-electron chi connectivity index (χ2n) is 5.50. The first-order chi connectivity index (χ1) is 11.0. The molecular formula is C18H20FNO3. The van der Waals surface area contributed by atoms with Crippen molar-refractivity contribution in [2.45, 2.75) is 13.8 Å². The summed E-state index contributed by atoms with van der Waals surface area (Å²) >= 11 is 0. The van der Waals surface area contributed by atoms with Crippen molar-refractivity contribution in [3.8, 4) is 11.5 Å². The van der Waals surface area contributed by atoms with E-state index in [1.54, 1.807) is 30.3 Å². The standard InChI is InChI=1S/C18H20FNO3/c1-12(2)11-23-16-9-8-13(10-17(16)22-3)18(21)20-15-7-5-4-6-14(15)19/h4-10,12H,11H2,1-3H3,(H,20,21). The Kier molecular flexibility index (Phi) is 5.57. The highest BCUT2D eigenvalue weighted by Gasteiger charge is 2.13. The molecule has 2 rings (SSSR count). The Bertz CT molecular complexity index is 686. The van der Waals surface area contributed by atoms with Gasteiger partial charge < -0.3 is 14.8 Å². The molecule has 0 saturated heterocycles. The molecule has 0 aromatic heterocycles. The number of methoxy groups -OCH3 is 1. The van der Waals surface area contributed by atoms with Gasteiger partial charge in [0.05, 0.1) is 19.4 Å². The highest BCUT2D eigenvalue weighted by Crippen LogP contribution is 2.29. The van der Waals surface area contributed by atoms with Crippen LogP contribution >= 0.6 is 0 Å². The lowest BCUT2D eigenvalue weighted by Crippen LogP contribution is -2.13. The van der Waals surface area contributed by atoms with Crippen molar-refractivity contribution >= 4 is 11.6 Å². The SMILES string of the molecule is COc1cc(C(=O)Nc2ccccc2F)ccc1OCC(C)C. The van der Waals surface area contributed by atoms with Crippen LogP contribution in [0.4, 0.5) is 10.1 Å². The fraction of sp³-hybridized carbons (Fsp3) is 0.278. The van der Waals surface area contributed by atoms with Gasteiger partial charge in [0, 0.05) is 5.56 Å². The van der Waals surface area contributed by atoms with Crippen LogP contribution in [-0.4, -0.2) is 19.6 Å². The number of halogens is 1. The third-order valence-electron chi connectivity index (χ3n) is 3.12. The first kappa shape index (κ1) is 16.8. The Morgan fingerprint density at radius 2 is 1.91 bits per heavy atom. The third kappa shape index (κ3) is 4.45. The van der Waals surface area contributed by atoms with E-state index in [1.807, 2.05) is 13.8 Å². The topological polar surface area (TPSA) is 47.6 Å². The molecule has 1 N–H and O–H groups in total. The average molecular weight is 317 g/mol. The van der Waals surface area contributed by atoms with Crippen LogP contribution < -0.4 is 14.8 Å². The van der Waals surface area contributed by atoms with E-state index in [9.17, 15) is 9.18 Å². The van der Waals surface area contributed by atoms with Crippen molar-refractivity contribution in [2.24, 2.45) is 5.92 Å². The first-order valence-electron chi connectivity index (χ1n) is 7.38. The lowest BCUT2D eigenvalue weighted by atomic mass is 10.1. The Balaban J connectivity index is 2.16. The van der Waals surface area contributed by atoms with Crippen LogP contribution in [0, 0.1) is 11.7 Å². The monoisotopic (exact) mass is 317 g/mol. The van der Waals surface area contributed by atoms with Gasteiger partial charge in [0.2, 0.25) is 0 Å². The number of carbonyl (C=O) groups is 1. The molecule has 5 heteroatoms. The Morgan fingerprint density at radius 1 is 1.17 bits per heavy atom. The Hall–Kier alpha value is -2.56. The first-order valence-corrected chi connectivity index (χ1v) is 7.38. The van der Waals surface area contributed by atoms with E-state index in [0.29, 0.717) is 29.6 Å². The van der Waals surface area contributed by atoms with Crippen molar-refractivity contribution in [3.05, 3.63) is 53.8 Å². The number of hydrogen-bond acceptors (Lipinski definition) is 3. The molecule has 2 aromatic carbocycles. The molecule has 0 spiro atoms. The van der Waals surface area contributed by atoms with Crippen LogP contribution in [0.15, 0.2) is 42.5 Å². The van der Waals surface area contributed by atoms with Gasteiger partial charge in [-0.1, -0.05) is 26.0 Å². The maximum atomic E-state index is 13.6. The van der Waals surface area contributed by atoms with E-state index < -0.39 is 11.7 Å². The molecule has 0 aliphatic heterocycles. The van der Waals surface area contributed by atoms with Crippen molar-refractivity contribution in [3.63, 3.8) is 0 Å². The number of rotatable bonds is 6. The number of benzene rings is 2. The molecule has 0 aliphatic rings. The molecule has 0 fully saturated rings. The van der Waals surface area contributed by atoms with Gasteiger partial charge in [0.25, 0.3) is 5.91 Å². The number of nitrogens with one attached hydrogen (secondary N) is 1. The molecule has 0 radical (unpaired) electrons. The van der Waals surface area contributed by atoms with Gasteiger partial charge in [-0.3, -0.25) is 4.79 Å². The molecule has 0 saturated carbocycles. The molecular weight excluding hydrogens is 297 g/mol. The third-order valence-corrected chi connectivity index (χ3v) is 3.12. The number of hydrogen-bond donors (Lipinski definition) is 1. The predicted molar refractivity (Wildman–Crippen MR) is 87.7 cm³/mol. The number of amides is 1. The van der Waals surface area contributed by atoms with Gasteiger partial charge in [-0.2, -0.15) is 0 Å². The van der Waals surface area contributed by atoms with Crippen molar-refractivity contribution in [1.82, 2.24) is 0 Å². The fourth-order valence-electron chi connectivity index (χ4n) is 1.94. The number of ether oxygens (including phenoxy) is 2. The highest BCUT2D eigenvalue weighted by molar-refractivity contribution is 6.04. The summed E-state index contributed by atoms with van der Waals surface area (Å²) in [5.74, 6) is 0.521. The van der Waals surface area contributed by atoms with Gasteiger partial charge >= 0.3 is 0 Å². The van der Waals surface area contributed by atoms with E-state index in [1.165, 1.54) is 19.2 Å². The summed E-state index contributed by atoms with van der Waals surface area (Å²) in [6, 6.07) is 10.9. The summed E-state index contributed by atoms with van der Waals surface area (Å²) in [5, 5.41) is 2.54. The zero-order valence-corrected chi connectivity index (χ0v) is 13.4. The maximum Gasteiger partial charge on any atom is 0.255 e. The van der Waals surface area contributed by atoms with Crippen molar-refractivity contribution in [1.29, 1.82) is 0 Å². The second kappa shape index (κ2) is 7.63. The normalized spacial score (nSPS) is 10.5. The highest BCUT2D eigenvalue weighted by atomic mass is 19.1. The second-order valence-corrected chi connectivity index (χ2v) is 5.50. The minimum absolute atomic E-state index is 0.136. The molecule has 2 aromatic rings. The predicted octanol–water partition coefficient (Wildman–Crippen LogP) is 4.12. The fourth-order valence-corrected chi connectivity index (χ4v) is 1.94. The maximum absolute atomic E-state index is 13.6. The smallest absolute Gasteiger partial charge is 0.255 e. The summed E-state index contributed by atoms with van der Waals surface area (Å²) in [5.41, 5.74) is 0.499. The zero-order chi connectivity index (χ0) is 16.8. The lowest BCUT2D eigenvalue weighted by Gasteiger charge is -2.13. The van der Waals surface area contributed by atoms with E-state index >= 15 is 0 Å². The van der Waals surface area contributed by atoms with E-state index in [2.05, 4.69) is 5.32 Å². The number of anilines is 1. The summed E-state index contributed by atoms with van der Waals surface area (Å²) < 4.78 is 24.5. The minimum atomic E-state index is -0.482. The van der Waals surface area contributed by atoms with E-state index in [-0.39, 0.29) is 5.69 Å². The average Bonchev–Trinajstić information content (AvgIpc) is 2.54. The summed E-state index contributed by atoms with van der Waals surface area (Å²) in [7, 11) is 1.51. The molecule has 0 bridgehead atoms. The van der Waals surface area contributed by atoms with Gasteiger partial charge in [-0.15, -0.1) is 0 Å². The molecule has 0 atom stereocenters. The minimum Gasteiger partial charge on any atom is -0.493 e. The van der Waals surface area contributed by atoms with Crippen LogP contribution in [0.25, 0.3) is 0 Å². The molecule has 1 amide bonds. The zero-order valence-electron chi connectivity index (χ0n) is 13.4. The molecule has 0 heterocycles. The number of carbonyl (C=O) groups excluding carboxylic acids is 1. The van der Waals surface area contributed by atoms with Crippen LogP contribution in [-0.2, 0) is 0 Å². The molecule has 0 unspecified atom stereocenters. The van der Waals surface area contributed by atoms with Crippen LogP contribution in [0.2, 0.25) is 0 Å². The molecule has 23 heavy (non-hydrogen) atoms. The summed E-state index contributed by atoms with van der Waals surface area (Å²) in [6.07, 6.45) is 0. The Labute approximate surface area is 135 Å². The largest absolute Gasteiger partial charge is 0.493 e. The van der Waals surface area contributed by atoms with E-state index in [0.717, 1.165) is 0 Å². The molecule has 122 valence electrons. The van der Waals surface area contributed by atoms with Crippen LogP contribution in [0.3, 0.4) is 0 Å². The molecule has 4 nitrogen and oxygen atoms in total. The van der Waals surface area contributed by atoms with Crippen molar-refractivity contribution in [2.75, 3.05) is 19.0 Å². The molecule has 0 aliphatic carbocycles. The Morgan fingerprint density at radius 3 is 2.57 bits per heavy atom. The van der Waals surface area contributed by atoms with Gasteiger partial charge in [-0.05, 0) is 36.2 Å².